The second-order valence-electron chi connectivity index (χ2n) is 3.13. The summed E-state index contributed by atoms with van der Waals surface area (Å²) in [6, 6.07) is 1.97. The van der Waals surface area contributed by atoms with Crippen LogP contribution in [0.1, 0.15) is 0 Å². The van der Waals surface area contributed by atoms with E-state index in [4.69, 9.17) is 17.3 Å². The summed E-state index contributed by atoms with van der Waals surface area (Å²) in [5, 5.41) is 13.3. The zero-order chi connectivity index (χ0) is 12.8. The summed E-state index contributed by atoms with van der Waals surface area (Å²) >= 11 is 5.55. The van der Waals surface area contributed by atoms with Crippen LogP contribution < -0.4 is 11.1 Å². The molecule has 0 unspecified atom stereocenters. The summed E-state index contributed by atoms with van der Waals surface area (Å²) in [6.07, 6.45) is 3.41. The van der Waals surface area contributed by atoms with E-state index < -0.39 is 10.7 Å². The maximum absolute atomic E-state index is 13.1. The van der Waals surface area contributed by atoms with E-state index in [1.54, 1.807) is 12.2 Å². The topological polar surface area (TPSA) is 81.2 Å². The molecule has 0 heterocycles. The molecule has 1 rings (SSSR count). The lowest BCUT2D eigenvalue weighted by molar-refractivity contribution is -0.384. The fourth-order valence-electron chi connectivity index (χ4n) is 1.18. The Morgan fingerprint density at radius 3 is 2.82 bits per heavy atom. The Morgan fingerprint density at radius 2 is 2.24 bits per heavy atom. The maximum atomic E-state index is 13.1. The molecule has 0 aliphatic heterocycles. The van der Waals surface area contributed by atoms with Gasteiger partial charge in [0, 0.05) is 13.1 Å². The van der Waals surface area contributed by atoms with Gasteiger partial charge in [0.1, 0.15) is 11.5 Å². The average molecular weight is 260 g/mol. The minimum absolute atomic E-state index is 0.166. The molecule has 0 saturated heterocycles. The Balaban J connectivity index is 2.92. The molecular formula is C10H11ClFN3O2. The van der Waals surface area contributed by atoms with Crippen LogP contribution in [-0.2, 0) is 0 Å². The summed E-state index contributed by atoms with van der Waals surface area (Å²) in [5.41, 5.74) is 5.05. The van der Waals surface area contributed by atoms with Gasteiger partial charge in [0.2, 0.25) is 0 Å². The molecule has 92 valence electrons. The van der Waals surface area contributed by atoms with Crippen LogP contribution in [0.25, 0.3) is 0 Å². The van der Waals surface area contributed by atoms with Gasteiger partial charge < -0.3 is 11.1 Å². The first kappa shape index (κ1) is 13.4. The van der Waals surface area contributed by atoms with Crippen LogP contribution >= 0.6 is 11.6 Å². The first-order valence-electron chi connectivity index (χ1n) is 4.78. The van der Waals surface area contributed by atoms with E-state index >= 15 is 0 Å². The standard InChI is InChI=1S/C10H11ClFN3O2/c11-7-5-9(14-4-2-1-3-13)10(15(16)17)6-8(7)12/h1-2,5-6,14H,3-4,13H2/b2-1+. The van der Waals surface area contributed by atoms with Crippen LogP contribution in [0.15, 0.2) is 24.3 Å². The van der Waals surface area contributed by atoms with Crippen LogP contribution in [0, 0.1) is 15.9 Å². The monoisotopic (exact) mass is 259 g/mol. The third kappa shape index (κ3) is 3.69. The van der Waals surface area contributed by atoms with Crippen LogP contribution in [0.2, 0.25) is 5.02 Å². The molecule has 0 amide bonds. The number of nitrogens with one attached hydrogen (secondary N) is 1. The molecule has 17 heavy (non-hydrogen) atoms. The summed E-state index contributed by atoms with van der Waals surface area (Å²) in [6.45, 7) is 0.730. The maximum Gasteiger partial charge on any atom is 0.295 e. The number of rotatable bonds is 5. The molecule has 1 aromatic carbocycles. The van der Waals surface area contributed by atoms with E-state index in [1.165, 1.54) is 6.07 Å². The van der Waals surface area contributed by atoms with Crippen molar-refractivity contribution in [3.8, 4) is 0 Å². The fraction of sp³-hybridized carbons (Fsp3) is 0.200. The Morgan fingerprint density at radius 1 is 1.53 bits per heavy atom. The Kier molecular flexibility index (Phi) is 4.86. The number of nitrogens with two attached hydrogens (primary N) is 1. The molecule has 0 radical (unpaired) electrons. The van der Waals surface area contributed by atoms with Crippen LogP contribution in [-0.4, -0.2) is 18.0 Å². The lowest BCUT2D eigenvalue weighted by atomic mass is 10.2. The van der Waals surface area contributed by atoms with E-state index in [1.807, 2.05) is 0 Å². The van der Waals surface area contributed by atoms with Gasteiger partial charge in [0.05, 0.1) is 16.0 Å². The van der Waals surface area contributed by atoms with E-state index in [0.29, 0.717) is 13.1 Å². The molecule has 1 aromatic rings. The summed E-state index contributed by atoms with van der Waals surface area (Å²) in [4.78, 5) is 10.0. The minimum atomic E-state index is -0.818. The van der Waals surface area contributed by atoms with Crippen molar-refractivity contribution >= 4 is 23.0 Å². The van der Waals surface area contributed by atoms with E-state index in [2.05, 4.69) is 5.32 Å². The molecule has 0 bridgehead atoms. The van der Waals surface area contributed by atoms with Gasteiger partial charge in [0.15, 0.2) is 0 Å². The highest BCUT2D eigenvalue weighted by atomic mass is 35.5. The van der Waals surface area contributed by atoms with Crippen LogP contribution in [0.3, 0.4) is 0 Å². The van der Waals surface area contributed by atoms with E-state index in [-0.39, 0.29) is 16.4 Å². The van der Waals surface area contributed by atoms with Crippen molar-refractivity contribution in [2.45, 2.75) is 0 Å². The van der Waals surface area contributed by atoms with Crippen molar-refractivity contribution in [1.82, 2.24) is 0 Å². The SMILES string of the molecule is NC/C=C/CNc1cc(Cl)c(F)cc1[N+](=O)[O-]. The smallest absolute Gasteiger partial charge is 0.295 e. The van der Waals surface area contributed by atoms with Gasteiger partial charge in [-0.2, -0.15) is 0 Å². The molecule has 0 fully saturated rings. The number of nitrogens with zero attached hydrogens (tertiary/aromatic N) is 1. The Hall–Kier alpha value is -1.66. The average Bonchev–Trinajstić information content (AvgIpc) is 2.28. The van der Waals surface area contributed by atoms with Crippen molar-refractivity contribution in [1.29, 1.82) is 0 Å². The Bertz CT molecular complexity index is 451. The van der Waals surface area contributed by atoms with Crippen molar-refractivity contribution < 1.29 is 9.31 Å². The first-order valence-corrected chi connectivity index (χ1v) is 5.16. The molecule has 0 atom stereocenters. The second-order valence-corrected chi connectivity index (χ2v) is 3.54. The van der Waals surface area contributed by atoms with Gasteiger partial charge in [-0.1, -0.05) is 23.8 Å². The Labute approximate surface area is 102 Å². The van der Waals surface area contributed by atoms with Gasteiger partial charge in [-0.25, -0.2) is 4.39 Å². The first-order chi connectivity index (χ1) is 8.06. The summed E-state index contributed by atoms with van der Waals surface area (Å²) in [5.74, 6) is -0.818. The highest BCUT2D eigenvalue weighted by Gasteiger charge is 2.17. The third-order valence-electron chi connectivity index (χ3n) is 1.95. The molecule has 7 heteroatoms. The molecule has 5 nitrogen and oxygen atoms in total. The van der Waals surface area contributed by atoms with Crippen LogP contribution in [0.4, 0.5) is 15.8 Å². The molecule has 0 saturated carbocycles. The second kappa shape index (κ2) is 6.17. The zero-order valence-corrected chi connectivity index (χ0v) is 9.58. The predicted octanol–water partition coefficient (Wildman–Crippen LogP) is 2.31. The van der Waals surface area contributed by atoms with Crippen molar-refractivity contribution in [3.05, 3.63) is 45.2 Å². The quantitative estimate of drug-likeness (QED) is 0.483. The molecule has 0 aromatic heterocycles. The summed E-state index contributed by atoms with van der Waals surface area (Å²) in [7, 11) is 0. The fourth-order valence-corrected chi connectivity index (χ4v) is 1.34. The molecule has 0 aliphatic rings. The predicted molar refractivity (Wildman–Crippen MR) is 64.7 cm³/mol. The third-order valence-corrected chi connectivity index (χ3v) is 2.24. The van der Waals surface area contributed by atoms with Gasteiger partial charge >= 0.3 is 0 Å². The number of halogens is 2. The lowest BCUT2D eigenvalue weighted by Crippen LogP contribution is -2.03. The molecule has 0 spiro atoms. The van der Waals surface area contributed by atoms with E-state index in [9.17, 15) is 14.5 Å². The molecular weight excluding hydrogens is 249 g/mol. The number of anilines is 1. The van der Waals surface area contributed by atoms with E-state index in [0.717, 1.165) is 6.07 Å². The van der Waals surface area contributed by atoms with Crippen molar-refractivity contribution in [2.75, 3.05) is 18.4 Å². The number of hydrogen-bond acceptors (Lipinski definition) is 4. The van der Waals surface area contributed by atoms with Gasteiger partial charge in [0.25, 0.3) is 5.69 Å². The zero-order valence-electron chi connectivity index (χ0n) is 8.82. The lowest BCUT2D eigenvalue weighted by Gasteiger charge is -2.05. The summed E-state index contributed by atoms with van der Waals surface area (Å²) < 4.78 is 13.1. The van der Waals surface area contributed by atoms with Crippen LogP contribution in [0.5, 0.6) is 0 Å². The highest BCUT2D eigenvalue weighted by Crippen LogP contribution is 2.30. The van der Waals surface area contributed by atoms with Gasteiger partial charge in [-0.3, -0.25) is 10.1 Å². The number of nitro groups is 1. The number of hydrogen-bond donors (Lipinski definition) is 2. The normalized spacial score (nSPS) is 10.8. The van der Waals surface area contributed by atoms with Gasteiger partial charge in [-0.05, 0) is 6.07 Å². The van der Waals surface area contributed by atoms with Crippen molar-refractivity contribution in [2.24, 2.45) is 5.73 Å². The molecule has 3 N–H and O–H groups in total. The highest BCUT2D eigenvalue weighted by molar-refractivity contribution is 6.31. The largest absolute Gasteiger partial charge is 0.376 e. The van der Waals surface area contributed by atoms with Gasteiger partial charge in [-0.15, -0.1) is 0 Å². The number of benzene rings is 1. The van der Waals surface area contributed by atoms with Crippen molar-refractivity contribution in [3.63, 3.8) is 0 Å². The minimum Gasteiger partial charge on any atom is -0.376 e. The number of nitro benzene ring substituents is 1. The molecule has 0 aliphatic carbocycles.